The van der Waals surface area contributed by atoms with Crippen LogP contribution in [0, 0.1) is 0 Å². The first-order chi connectivity index (χ1) is 27.3. The van der Waals surface area contributed by atoms with Gasteiger partial charge in [0.15, 0.2) is 5.82 Å². The summed E-state index contributed by atoms with van der Waals surface area (Å²) in [4.78, 5) is 29.5. The van der Waals surface area contributed by atoms with Crippen LogP contribution in [0.15, 0.2) is 171 Å². The highest BCUT2D eigenvalue weighted by molar-refractivity contribution is 6.08. The molecule has 3 aliphatic rings. The number of para-hydroxylation sites is 1. The van der Waals surface area contributed by atoms with Crippen LogP contribution < -0.4 is 4.90 Å². The van der Waals surface area contributed by atoms with E-state index in [4.69, 9.17) is 9.97 Å². The van der Waals surface area contributed by atoms with Crippen molar-refractivity contribution in [3.05, 3.63) is 182 Å². The number of allylic oxidation sites excluding steroid dienone is 6. The molecule has 9 nitrogen and oxygen atoms in total. The van der Waals surface area contributed by atoms with E-state index < -0.39 is 0 Å². The third-order valence-corrected chi connectivity index (χ3v) is 11.0. The lowest BCUT2D eigenvalue weighted by Gasteiger charge is -2.30. The van der Waals surface area contributed by atoms with Crippen LogP contribution in [-0.2, 0) is 0 Å². The number of aromatic nitrogens is 8. The lowest BCUT2D eigenvalue weighted by atomic mass is 9.86. The van der Waals surface area contributed by atoms with Gasteiger partial charge in [-0.15, -0.1) is 0 Å². The quantitative estimate of drug-likeness (QED) is 0.170. The number of rotatable bonds is 6. The summed E-state index contributed by atoms with van der Waals surface area (Å²) < 4.78 is 4.52. The molecule has 1 aliphatic heterocycles. The molecule has 0 bridgehead atoms. The van der Waals surface area contributed by atoms with Gasteiger partial charge in [0.2, 0.25) is 0 Å². The third-order valence-electron chi connectivity index (χ3n) is 11.0. The van der Waals surface area contributed by atoms with Crippen molar-refractivity contribution in [2.75, 3.05) is 4.90 Å². The summed E-state index contributed by atoms with van der Waals surface area (Å²) in [5, 5.41) is 2.16. The van der Waals surface area contributed by atoms with Gasteiger partial charge >= 0.3 is 0 Å². The van der Waals surface area contributed by atoms with Crippen LogP contribution in [0.5, 0.6) is 0 Å². The van der Waals surface area contributed by atoms with Crippen LogP contribution in [0.4, 0.5) is 11.4 Å². The Kier molecular flexibility index (Phi) is 7.22. The Labute approximate surface area is 317 Å². The molecule has 0 radical (unpaired) electrons. The van der Waals surface area contributed by atoms with Crippen molar-refractivity contribution in [1.82, 2.24) is 39.0 Å². The van der Waals surface area contributed by atoms with E-state index in [-0.39, 0.29) is 18.0 Å². The highest BCUT2D eigenvalue weighted by Crippen LogP contribution is 2.49. The molecule has 0 saturated heterocycles. The molecular formula is C46H33N9. The van der Waals surface area contributed by atoms with Crippen LogP contribution in [0.25, 0.3) is 56.0 Å². The summed E-state index contributed by atoms with van der Waals surface area (Å²) in [5.41, 5.74) is 10.8. The predicted octanol–water partition coefficient (Wildman–Crippen LogP) is 9.60. The van der Waals surface area contributed by atoms with Crippen LogP contribution >= 0.6 is 0 Å². The Morgan fingerprint density at radius 2 is 1.56 bits per heavy atom. The van der Waals surface area contributed by atoms with Crippen molar-refractivity contribution in [2.45, 2.75) is 24.4 Å². The first kappa shape index (κ1) is 31.3. The topological polar surface area (TPSA) is 90.4 Å². The minimum Gasteiger partial charge on any atom is -0.332 e. The number of pyridine rings is 2. The number of hydrogen-bond donors (Lipinski definition) is 0. The van der Waals surface area contributed by atoms with Crippen LogP contribution in [0.2, 0.25) is 0 Å². The molecule has 11 rings (SSSR count). The number of anilines is 2. The molecule has 0 amide bonds. The molecule has 6 heterocycles. The highest BCUT2D eigenvalue weighted by atomic mass is 15.2. The molecule has 3 aromatic carbocycles. The first-order valence-corrected chi connectivity index (χ1v) is 18.5. The van der Waals surface area contributed by atoms with Crippen molar-refractivity contribution in [2.24, 2.45) is 0 Å². The molecule has 9 heteroatoms. The molecule has 0 spiro atoms. The number of imidazole rings is 1. The van der Waals surface area contributed by atoms with E-state index in [0.717, 1.165) is 62.4 Å². The number of fused-ring (bicyclic) bond motifs is 6. The normalized spacial score (nSPS) is 18.5. The summed E-state index contributed by atoms with van der Waals surface area (Å²) in [7, 11) is 0. The largest absolute Gasteiger partial charge is 0.332 e. The summed E-state index contributed by atoms with van der Waals surface area (Å²) in [6.45, 7) is 0. The van der Waals surface area contributed by atoms with Crippen LogP contribution in [0.3, 0.4) is 0 Å². The van der Waals surface area contributed by atoms with E-state index >= 15 is 0 Å². The van der Waals surface area contributed by atoms with Crippen LogP contribution in [-0.4, -0.2) is 45.1 Å². The maximum Gasteiger partial charge on any atom is 0.164 e. The van der Waals surface area contributed by atoms with Gasteiger partial charge in [0.05, 0.1) is 29.5 Å². The number of benzene rings is 3. The maximum absolute atomic E-state index is 5.00. The lowest BCUT2D eigenvalue weighted by molar-refractivity contribution is 0.613. The van der Waals surface area contributed by atoms with Gasteiger partial charge < -0.3 is 9.47 Å². The molecule has 0 N–H and O–H groups in total. The monoisotopic (exact) mass is 711 g/mol. The van der Waals surface area contributed by atoms with E-state index in [1.807, 2.05) is 24.8 Å². The summed E-state index contributed by atoms with van der Waals surface area (Å²) in [5.74, 6) is 1.73. The lowest BCUT2D eigenvalue weighted by Crippen LogP contribution is -2.29. The Hall–Kier alpha value is -7.26. The Balaban J connectivity index is 0.961. The predicted molar refractivity (Wildman–Crippen MR) is 217 cm³/mol. The van der Waals surface area contributed by atoms with E-state index in [1.165, 1.54) is 29.4 Å². The second kappa shape index (κ2) is 12.7. The van der Waals surface area contributed by atoms with Gasteiger partial charge in [-0.2, -0.15) is 0 Å². The Morgan fingerprint density at radius 1 is 0.673 bits per heavy atom. The van der Waals surface area contributed by atoms with E-state index in [0.29, 0.717) is 5.82 Å². The van der Waals surface area contributed by atoms with Crippen LogP contribution in [0.1, 0.15) is 29.5 Å². The first-order valence-electron chi connectivity index (χ1n) is 18.5. The number of nitrogens with zero attached hydrogens (tertiary/aromatic N) is 9. The minimum atomic E-state index is 0.0885. The van der Waals surface area contributed by atoms with Crippen molar-refractivity contribution in [3.63, 3.8) is 0 Å². The van der Waals surface area contributed by atoms with Gasteiger partial charge in [0, 0.05) is 64.0 Å². The smallest absolute Gasteiger partial charge is 0.164 e. The molecule has 5 aromatic heterocycles. The molecule has 2 aliphatic carbocycles. The van der Waals surface area contributed by atoms with Crippen molar-refractivity contribution >= 4 is 38.9 Å². The summed E-state index contributed by atoms with van der Waals surface area (Å²) in [6, 6.07) is 30.6. The molecule has 262 valence electrons. The Bertz CT molecular complexity index is 2900. The molecule has 3 unspecified atom stereocenters. The van der Waals surface area contributed by atoms with Gasteiger partial charge in [-0.25, -0.2) is 24.9 Å². The summed E-state index contributed by atoms with van der Waals surface area (Å²) >= 11 is 0. The molecule has 8 aromatic rings. The zero-order valence-electron chi connectivity index (χ0n) is 29.6. The fourth-order valence-corrected chi connectivity index (χ4v) is 8.55. The molecule has 55 heavy (non-hydrogen) atoms. The average molecular weight is 712 g/mol. The zero-order valence-corrected chi connectivity index (χ0v) is 29.6. The standard InChI is InChI=1S/C46H33N9/c1-2-10-34(11-3-1)53-21-20-49-45(53)32-9-6-8-30(22-32)31-16-17-42-39(23-31)38-18-19-47-27-43(38)54(42)35-12-7-13-36(25-35)55-41-15-5-4-14-37(41)40-24-33(26-50-46(40)55)44-51-28-48-29-52-44/h1-10,12-29,34,39,42H,11H2. The van der Waals surface area contributed by atoms with E-state index in [1.54, 1.807) is 0 Å². The van der Waals surface area contributed by atoms with Gasteiger partial charge in [-0.1, -0.05) is 85.0 Å². The van der Waals surface area contributed by atoms with E-state index in [2.05, 4.69) is 168 Å². The maximum atomic E-state index is 5.00. The summed E-state index contributed by atoms with van der Waals surface area (Å²) in [6.07, 6.45) is 29.5. The number of hydrogen-bond acceptors (Lipinski definition) is 7. The second-order valence-electron chi connectivity index (χ2n) is 14.1. The fourth-order valence-electron chi connectivity index (χ4n) is 8.55. The molecular weight excluding hydrogens is 679 g/mol. The van der Waals surface area contributed by atoms with Gasteiger partial charge in [0.25, 0.3) is 0 Å². The SMILES string of the molecule is C1=CCC(n2ccnc2-c2cccc(C3=CC4c5ccncc5N(c5cccc(-n6c7ccccc7c7cc(-c8ncncn8)cnc76)c5)C4C=C3)c2)C=C1. The van der Waals surface area contributed by atoms with E-state index in [9.17, 15) is 0 Å². The average Bonchev–Trinajstić information content (AvgIpc) is 3.97. The van der Waals surface area contributed by atoms with Gasteiger partial charge in [-0.3, -0.25) is 9.55 Å². The fraction of sp³-hybridized carbons (Fsp3) is 0.0870. The highest BCUT2D eigenvalue weighted by Gasteiger charge is 2.38. The van der Waals surface area contributed by atoms with Crippen molar-refractivity contribution in [3.8, 4) is 28.5 Å². The molecule has 0 saturated carbocycles. The van der Waals surface area contributed by atoms with Crippen molar-refractivity contribution in [1.29, 1.82) is 0 Å². The van der Waals surface area contributed by atoms with Gasteiger partial charge in [0.1, 0.15) is 24.1 Å². The minimum absolute atomic E-state index is 0.0885. The van der Waals surface area contributed by atoms with Gasteiger partial charge in [-0.05, 0) is 65.6 Å². The molecule has 0 fully saturated rings. The third kappa shape index (κ3) is 5.15. The zero-order chi connectivity index (χ0) is 36.3. The Morgan fingerprint density at radius 3 is 2.49 bits per heavy atom. The second-order valence-corrected chi connectivity index (χ2v) is 14.1. The molecule has 3 atom stereocenters. The van der Waals surface area contributed by atoms with Crippen molar-refractivity contribution < 1.29 is 0 Å².